The zero-order chi connectivity index (χ0) is 13.2. The third kappa shape index (κ3) is 2.96. The molecule has 3 rings (SSSR count). The molecular formula is C15H21BrN2O. The van der Waals surface area contributed by atoms with Gasteiger partial charge < -0.3 is 10.0 Å². The topological polar surface area (TPSA) is 26.7 Å². The number of hydrogen-bond acceptors (Lipinski definition) is 3. The van der Waals surface area contributed by atoms with E-state index < -0.39 is 0 Å². The molecule has 1 aromatic rings. The van der Waals surface area contributed by atoms with Gasteiger partial charge in [-0.15, -0.1) is 0 Å². The maximum Gasteiger partial charge on any atom is 0.0471 e. The molecule has 2 heterocycles. The molecule has 1 aromatic carbocycles. The average molecular weight is 325 g/mol. The van der Waals surface area contributed by atoms with Crippen LogP contribution in [0, 0.1) is 5.92 Å². The van der Waals surface area contributed by atoms with Crippen molar-refractivity contribution in [1.29, 1.82) is 0 Å². The van der Waals surface area contributed by atoms with E-state index in [0.717, 1.165) is 37.1 Å². The minimum Gasteiger partial charge on any atom is -0.396 e. The van der Waals surface area contributed by atoms with Crippen molar-refractivity contribution in [3.63, 3.8) is 0 Å². The highest BCUT2D eigenvalue weighted by atomic mass is 79.9. The minimum absolute atomic E-state index is 0.346. The maximum atomic E-state index is 9.24. The molecule has 0 aromatic heterocycles. The Bertz CT molecular complexity index is 440. The summed E-state index contributed by atoms with van der Waals surface area (Å²) in [6, 6.07) is 9.22. The van der Waals surface area contributed by atoms with Gasteiger partial charge in [-0.1, -0.05) is 22.0 Å². The van der Waals surface area contributed by atoms with Crippen LogP contribution in [-0.2, 0) is 0 Å². The third-order valence-electron chi connectivity index (χ3n) is 4.43. The van der Waals surface area contributed by atoms with Gasteiger partial charge in [0.25, 0.3) is 0 Å². The van der Waals surface area contributed by atoms with E-state index in [1.54, 1.807) is 0 Å². The molecule has 2 aliphatic heterocycles. The van der Waals surface area contributed by atoms with Crippen molar-refractivity contribution in [3.8, 4) is 0 Å². The van der Waals surface area contributed by atoms with Crippen LogP contribution in [-0.4, -0.2) is 48.8 Å². The van der Waals surface area contributed by atoms with Crippen LogP contribution in [0.5, 0.6) is 0 Å². The van der Waals surface area contributed by atoms with E-state index in [0.29, 0.717) is 18.6 Å². The van der Waals surface area contributed by atoms with Crippen LogP contribution in [0.3, 0.4) is 0 Å². The first-order valence-electron chi connectivity index (χ1n) is 7.11. The number of aliphatic hydroxyl groups excluding tert-OH is 1. The summed E-state index contributed by atoms with van der Waals surface area (Å²) in [6.07, 6.45) is 2.40. The Morgan fingerprint density at radius 1 is 1.21 bits per heavy atom. The standard InChI is InChI=1S/C15H21BrN2O/c16-13-2-1-3-14(8-13)18-7-5-15(10-18)17-6-4-12(9-17)11-19/h1-3,8,12,15,19H,4-7,9-11H2. The van der Waals surface area contributed by atoms with Crippen molar-refractivity contribution in [2.24, 2.45) is 5.92 Å². The number of aliphatic hydroxyl groups is 1. The molecule has 2 fully saturated rings. The fourth-order valence-corrected chi connectivity index (χ4v) is 3.68. The minimum atomic E-state index is 0.346. The molecule has 2 unspecified atom stereocenters. The normalized spacial score (nSPS) is 28.2. The highest BCUT2D eigenvalue weighted by Crippen LogP contribution is 2.28. The van der Waals surface area contributed by atoms with Crippen molar-refractivity contribution >= 4 is 21.6 Å². The number of hydrogen-bond donors (Lipinski definition) is 1. The lowest BCUT2D eigenvalue weighted by atomic mass is 10.1. The van der Waals surface area contributed by atoms with E-state index in [4.69, 9.17) is 0 Å². The molecule has 0 amide bonds. The Hall–Kier alpha value is -0.580. The SMILES string of the molecule is OCC1CCN(C2CCN(c3cccc(Br)c3)C2)C1. The molecule has 19 heavy (non-hydrogen) atoms. The smallest absolute Gasteiger partial charge is 0.0471 e. The predicted molar refractivity (Wildman–Crippen MR) is 81.5 cm³/mol. The number of rotatable bonds is 3. The first-order valence-corrected chi connectivity index (χ1v) is 7.91. The van der Waals surface area contributed by atoms with E-state index >= 15 is 0 Å². The van der Waals surface area contributed by atoms with E-state index in [9.17, 15) is 5.11 Å². The van der Waals surface area contributed by atoms with Gasteiger partial charge in [0.1, 0.15) is 0 Å². The van der Waals surface area contributed by atoms with Crippen molar-refractivity contribution < 1.29 is 5.11 Å². The summed E-state index contributed by atoms with van der Waals surface area (Å²) < 4.78 is 1.15. The number of nitrogens with zero attached hydrogens (tertiary/aromatic N) is 2. The lowest BCUT2D eigenvalue weighted by molar-refractivity contribution is 0.204. The molecule has 2 saturated heterocycles. The fraction of sp³-hybridized carbons (Fsp3) is 0.600. The summed E-state index contributed by atoms with van der Waals surface area (Å²) in [5.74, 6) is 0.500. The molecule has 104 valence electrons. The largest absolute Gasteiger partial charge is 0.396 e. The van der Waals surface area contributed by atoms with Crippen LogP contribution in [0.4, 0.5) is 5.69 Å². The van der Waals surface area contributed by atoms with Gasteiger partial charge in [0, 0.05) is 42.4 Å². The van der Waals surface area contributed by atoms with Crippen LogP contribution in [0.25, 0.3) is 0 Å². The van der Waals surface area contributed by atoms with Crippen LogP contribution in [0.1, 0.15) is 12.8 Å². The van der Waals surface area contributed by atoms with Gasteiger partial charge in [-0.2, -0.15) is 0 Å². The highest BCUT2D eigenvalue weighted by molar-refractivity contribution is 9.10. The van der Waals surface area contributed by atoms with Crippen molar-refractivity contribution in [3.05, 3.63) is 28.7 Å². The third-order valence-corrected chi connectivity index (χ3v) is 4.92. The van der Waals surface area contributed by atoms with Gasteiger partial charge in [-0.25, -0.2) is 0 Å². The first-order chi connectivity index (χ1) is 9.26. The molecule has 1 N–H and O–H groups in total. The van der Waals surface area contributed by atoms with Crippen LogP contribution < -0.4 is 4.90 Å². The van der Waals surface area contributed by atoms with Gasteiger partial charge >= 0.3 is 0 Å². The van der Waals surface area contributed by atoms with Crippen LogP contribution in [0.15, 0.2) is 28.7 Å². The van der Waals surface area contributed by atoms with Gasteiger partial charge in [0.15, 0.2) is 0 Å². The summed E-state index contributed by atoms with van der Waals surface area (Å²) >= 11 is 3.54. The summed E-state index contributed by atoms with van der Waals surface area (Å²) in [4.78, 5) is 5.04. The molecule has 0 saturated carbocycles. The molecule has 0 spiro atoms. The summed E-state index contributed by atoms with van der Waals surface area (Å²) in [6.45, 7) is 4.84. The van der Waals surface area contributed by atoms with Crippen molar-refractivity contribution in [2.75, 3.05) is 37.7 Å². The highest BCUT2D eigenvalue weighted by Gasteiger charge is 2.32. The van der Waals surface area contributed by atoms with Crippen LogP contribution in [0.2, 0.25) is 0 Å². The number of anilines is 1. The number of likely N-dealkylation sites (tertiary alicyclic amines) is 1. The maximum absolute atomic E-state index is 9.24. The Balaban J connectivity index is 1.61. The molecule has 0 bridgehead atoms. The Kier molecular flexibility index (Phi) is 4.10. The van der Waals surface area contributed by atoms with E-state index in [-0.39, 0.29) is 0 Å². The fourth-order valence-electron chi connectivity index (χ4n) is 3.29. The molecule has 0 aliphatic carbocycles. The van der Waals surface area contributed by atoms with E-state index in [1.807, 2.05) is 0 Å². The molecule has 2 atom stereocenters. The molecule has 3 nitrogen and oxygen atoms in total. The molecule has 0 radical (unpaired) electrons. The lowest BCUT2D eigenvalue weighted by Gasteiger charge is -2.25. The number of halogens is 1. The monoisotopic (exact) mass is 324 g/mol. The molecule has 2 aliphatic rings. The van der Waals surface area contributed by atoms with Gasteiger partial charge in [-0.05, 0) is 43.5 Å². The van der Waals surface area contributed by atoms with Gasteiger partial charge in [-0.3, -0.25) is 4.90 Å². The second-order valence-corrected chi connectivity index (χ2v) is 6.62. The average Bonchev–Trinajstić information content (AvgIpc) is 3.07. The Morgan fingerprint density at radius 3 is 2.84 bits per heavy atom. The van der Waals surface area contributed by atoms with Crippen molar-refractivity contribution in [1.82, 2.24) is 4.90 Å². The first kappa shape index (κ1) is 13.4. The number of benzene rings is 1. The molecular weight excluding hydrogens is 304 g/mol. The summed E-state index contributed by atoms with van der Waals surface area (Å²) in [5.41, 5.74) is 1.31. The second kappa shape index (κ2) is 5.81. The summed E-state index contributed by atoms with van der Waals surface area (Å²) in [7, 11) is 0. The van der Waals surface area contributed by atoms with Gasteiger partial charge in [0.05, 0.1) is 0 Å². The zero-order valence-corrected chi connectivity index (χ0v) is 12.7. The van der Waals surface area contributed by atoms with Gasteiger partial charge in [0.2, 0.25) is 0 Å². The lowest BCUT2D eigenvalue weighted by Crippen LogP contribution is -2.36. The van der Waals surface area contributed by atoms with Crippen LogP contribution >= 0.6 is 15.9 Å². The zero-order valence-electron chi connectivity index (χ0n) is 11.1. The van der Waals surface area contributed by atoms with E-state index in [1.165, 1.54) is 12.1 Å². The molecule has 4 heteroatoms. The van der Waals surface area contributed by atoms with E-state index in [2.05, 4.69) is 50.0 Å². The predicted octanol–water partition coefficient (Wildman–Crippen LogP) is 2.34. The summed E-state index contributed by atoms with van der Waals surface area (Å²) in [5, 5.41) is 9.24. The Labute approximate surface area is 123 Å². The Morgan fingerprint density at radius 2 is 2.11 bits per heavy atom. The quantitative estimate of drug-likeness (QED) is 0.924. The van der Waals surface area contributed by atoms with Crippen molar-refractivity contribution in [2.45, 2.75) is 18.9 Å². The second-order valence-electron chi connectivity index (χ2n) is 5.70.